The molecule has 10 heterocycles. The highest BCUT2D eigenvalue weighted by Crippen LogP contribution is 2.46. The molecule has 32 nitrogen and oxygen atoms in total. The van der Waals surface area contributed by atoms with Gasteiger partial charge in [-0.05, 0) is 219 Å². The van der Waals surface area contributed by atoms with E-state index >= 15 is 0 Å². The number of nitrogens with one attached hydrogen (secondary N) is 4. The Morgan fingerprint density at radius 1 is 0.420 bits per heavy atom. The molecule has 0 spiro atoms. The highest BCUT2D eigenvalue weighted by Gasteiger charge is 2.41. The SMILES string of the molecule is CCOC(=O)N1CCc2c([nH]c3ccc(Cl)cc23)C1c1ccc(OCC(O)CN(CCOC)CCOC)cc1.CCOC(=O)N1CCc2c([nH]c3ccc(Cl)cc23)C1c1ccc(OCC(O)CN2CCN(C(C)=O)CC2)cc1.CCOC(=O)N1CCc2c([nH]c3ccc(Cl)cc23)C1c1ccc(OCC(O)Cn2ccnn2)cc1.O=C(OCCl)N1CCc2c([nH]c3ccc(Cl)cc23)C1c1ccc(OCCCCl)cc1. The Balaban J connectivity index is 0.000000144. The molecule has 5 aliphatic rings. The second kappa shape index (κ2) is 50.7. The fourth-order valence-corrected chi connectivity index (χ4v) is 19.9. The molecule has 5 amide bonds. The van der Waals surface area contributed by atoms with Gasteiger partial charge in [-0.3, -0.25) is 34.2 Å². The highest BCUT2D eigenvalue weighted by molar-refractivity contribution is 6.32. The smallest absolute Gasteiger partial charge is 0.411 e. The molecule has 5 aliphatic heterocycles. The number of hydrogen-bond donors (Lipinski definition) is 7. The fraction of sp³-hybridized carbons (Fsp3) is 0.400. The van der Waals surface area contributed by atoms with Crippen LogP contribution in [-0.4, -0.2) is 297 Å². The minimum atomic E-state index is -0.727. The summed E-state index contributed by atoms with van der Waals surface area (Å²) in [5.41, 5.74) is 16.1. The van der Waals surface area contributed by atoms with Crippen LogP contribution in [0.2, 0.25) is 20.1 Å². The van der Waals surface area contributed by atoms with Crippen LogP contribution in [0.15, 0.2) is 182 Å². The second-order valence-electron chi connectivity index (χ2n) is 35.1. The first-order chi connectivity index (χ1) is 69.4. The number of aromatic nitrogens is 7. The molecular weight excluding hydrogens is 1960 g/mol. The maximum atomic E-state index is 12.9. The molecule has 8 aromatic carbocycles. The van der Waals surface area contributed by atoms with Gasteiger partial charge in [0.2, 0.25) is 5.91 Å². The van der Waals surface area contributed by atoms with E-state index in [0.29, 0.717) is 181 Å². The summed E-state index contributed by atoms with van der Waals surface area (Å²) in [7, 11) is 3.32. The maximum absolute atomic E-state index is 12.9. The predicted octanol–water partition coefficient (Wildman–Crippen LogP) is 18.2. The molecule has 1 fully saturated rings. The molecule has 0 saturated carbocycles. The number of piperazine rings is 1. The van der Waals surface area contributed by atoms with Gasteiger partial charge in [0, 0.05) is 198 Å². The summed E-state index contributed by atoms with van der Waals surface area (Å²) in [6.45, 7) is 17.7. The summed E-state index contributed by atoms with van der Waals surface area (Å²) in [5.74, 6) is 3.31. The van der Waals surface area contributed by atoms with Gasteiger partial charge in [-0.15, -0.1) is 16.7 Å². The summed E-state index contributed by atoms with van der Waals surface area (Å²) in [5, 5.41) is 45.9. The van der Waals surface area contributed by atoms with Crippen LogP contribution in [0, 0.1) is 0 Å². The summed E-state index contributed by atoms with van der Waals surface area (Å²) < 4.78 is 56.4. The number of hydrogen-bond acceptors (Lipinski definition) is 22. The van der Waals surface area contributed by atoms with Crippen molar-refractivity contribution in [2.75, 3.05) is 164 Å². The Labute approximate surface area is 859 Å². The average molecular weight is 2080 g/mol. The lowest BCUT2D eigenvalue weighted by Gasteiger charge is -2.35. The molecule has 13 aromatic rings. The van der Waals surface area contributed by atoms with Gasteiger partial charge in [-0.2, -0.15) is 0 Å². The third-order valence-corrected chi connectivity index (χ3v) is 27.1. The zero-order chi connectivity index (χ0) is 101. The van der Waals surface area contributed by atoms with Crippen LogP contribution in [0.1, 0.15) is 126 Å². The van der Waals surface area contributed by atoms with E-state index in [4.69, 9.17) is 117 Å². The third kappa shape index (κ3) is 26.3. The maximum Gasteiger partial charge on any atom is 0.411 e. The molecule has 7 atom stereocenters. The van der Waals surface area contributed by atoms with Crippen molar-refractivity contribution in [2.24, 2.45) is 0 Å². The van der Waals surface area contributed by atoms with Crippen molar-refractivity contribution in [3.63, 3.8) is 0 Å². The molecule has 7 N–H and O–H groups in total. The number of rotatable bonds is 33. The zero-order valence-corrected chi connectivity index (χ0v) is 85.1. The molecule has 760 valence electrons. The summed E-state index contributed by atoms with van der Waals surface area (Å²) in [4.78, 5) is 89.9. The first-order valence-electron chi connectivity index (χ1n) is 48.0. The fourth-order valence-electron chi connectivity index (χ4n) is 19.1. The van der Waals surface area contributed by atoms with Gasteiger partial charge in [-0.25, -0.2) is 23.9 Å². The summed E-state index contributed by atoms with van der Waals surface area (Å²) in [6, 6.07) is 52.2. The molecule has 1 saturated heterocycles. The van der Waals surface area contributed by atoms with Crippen LogP contribution < -0.4 is 18.9 Å². The van der Waals surface area contributed by atoms with E-state index < -0.39 is 24.4 Å². The zero-order valence-electron chi connectivity index (χ0n) is 80.6. The molecule has 18 rings (SSSR count). The lowest BCUT2D eigenvalue weighted by atomic mass is 9.92. The number of benzene rings is 8. The second-order valence-corrected chi connectivity index (χ2v) is 37.4. The minimum Gasteiger partial charge on any atom is -0.494 e. The van der Waals surface area contributed by atoms with E-state index in [1.165, 1.54) is 0 Å². The van der Waals surface area contributed by atoms with Gasteiger partial charge in [0.1, 0.15) is 85.3 Å². The number of halogens is 6. The van der Waals surface area contributed by atoms with E-state index in [2.05, 4.69) is 40.0 Å². The molecule has 0 bridgehead atoms. The van der Waals surface area contributed by atoms with Gasteiger partial charge in [0.25, 0.3) is 0 Å². The number of carbonyl (C=O) groups excluding carboxylic acids is 5. The lowest BCUT2D eigenvalue weighted by Crippen LogP contribution is -2.50. The highest BCUT2D eigenvalue weighted by atomic mass is 35.5. The monoisotopic (exact) mass is 2070 g/mol. The van der Waals surface area contributed by atoms with Crippen LogP contribution in [-0.2, 0) is 65.4 Å². The van der Waals surface area contributed by atoms with Crippen molar-refractivity contribution in [1.82, 2.24) is 69.2 Å². The van der Waals surface area contributed by atoms with Crippen LogP contribution in [0.4, 0.5) is 19.2 Å². The topological polar surface area (TPSA) is 355 Å². The van der Waals surface area contributed by atoms with Gasteiger partial charge in [0.15, 0.2) is 6.07 Å². The van der Waals surface area contributed by atoms with Gasteiger partial charge >= 0.3 is 24.4 Å². The molecule has 5 aromatic heterocycles. The quantitative estimate of drug-likeness (QED) is 0.0114. The van der Waals surface area contributed by atoms with Crippen molar-refractivity contribution >= 4 is 143 Å². The van der Waals surface area contributed by atoms with Crippen molar-refractivity contribution in [3.05, 3.63) is 270 Å². The van der Waals surface area contributed by atoms with E-state index in [1.54, 1.807) is 71.7 Å². The van der Waals surface area contributed by atoms with Crippen LogP contribution in [0.5, 0.6) is 23.0 Å². The minimum absolute atomic E-state index is 0.0887. The molecule has 7 unspecified atom stereocenters. The number of β-amino-alcohol motifs (C(OH)–C–C–N with tert-alkyl or cyclic N) is 1. The van der Waals surface area contributed by atoms with E-state index in [9.17, 15) is 39.3 Å². The number of amides is 5. The summed E-state index contributed by atoms with van der Waals surface area (Å²) >= 11 is 36.4. The van der Waals surface area contributed by atoms with E-state index in [1.807, 2.05) is 182 Å². The molecule has 0 radical (unpaired) electrons. The number of fused-ring (bicyclic) bond motifs is 12. The van der Waals surface area contributed by atoms with Crippen LogP contribution in [0.25, 0.3) is 43.6 Å². The van der Waals surface area contributed by atoms with Gasteiger partial charge in [-0.1, -0.05) is 112 Å². The number of H-pyrrole nitrogens is 4. The molecular formula is C105H120Cl6N14O18. The number of carbonyl (C=O) groups is 5. The standard InChI is InChI=1S/C29H35ClN4O5.C29H38ClN3O6.C25H26ClN5O4.C22H21Cl3N2O3/c1-3-38-29(37)34-11-10-24-25-16-21(30)6-9-26(25)31-27(24)28(34)20-4-7-23(8-5-20)39-18-22(36)17-32-12-14-33(15-13-32)19(2)35;1-4-38-29(35)33-12-11-24-25-17-21(30)7-10-26(25)31-27(24)28(33)20-5-8-23(9-6-20)39-19-22(34)18-32(13-15-36-2)14-16-37-3;1-2-34-25(33)31-11-9-20-21-13-17(26)5-8-22(21)28-23(20)24(31)16-3-6-19(7-4-16)35-15-18(32)14-30-12-10-27-29-30;23-9-1-11-29-16-5-2-14(3-6-16)21-20-17(8-10-27(21)22(28)30-13-24)18-12-15(25)4-7-19(18)26-20/h4-9,16,22,28,31,36H,3,10-15,17-18H2,1-2H3;5-10,17,22,28,31,34H,4,11-16,18-19H2,1-3H3;3-8,10,12-13,18,24,28,32H,2,9,11,14-15H2,1H3;2-7,12,21,26H,1,8-11,13H2. The molecule has 143 heavy (non-hydrogen) atoms. The Morgan fingerprint density at radius 3 is 1.06 bits per heavy atom. The predicted molar refractivity (Wildman–Crippen MR) is 551 cm³/mol. The number of methoxy groups -OCH3 is 2. The number of aliphatic hydroxyl groups excluding tert-OH is 3. The van der Waals surface area contributed by atoms with E-state index in [0.717, 1.165) is 136 Å². The number of ether oxygens (including phenoxy) is 10. The normalized spacial score (nSPS) is 16.7. The molecule has 0 aliphatic carbocycles. The van der Waals surface area contributed by atoms with Crippen LogP contribution in [0.3, 0.4) is 0 Å². The Morgan fingerprint density at radius 2 is 0.748 bits per heavy atom. The van der Waals surface area contributed by atoms with Crippen molar-refractivity contribution < 1.29 is 86.7 Å². The first kappa shape index (κ1) is 106. The Hall–Kier alpha value is -11.7. The van der Waals surface area contributed by atoms with Gasteiger partial charge in [0.05, 0.1) is 52.4 Å². The summed E-state index contributed by atoms with van der Waals surface area (Å²) in [6.07, 6.45) is 3.30. The lowest BCUT2D eigenvalue weighted by molar-refractivity contribution is -0.130. The third-order valence-electron chi connectivity index (χ3n) is 25.8. The Bertz CT molecular complexity index is 6400. The van der Waals surface area contributed by atoms with Crippen molar-refractivity contribution in [3.8, 4) is 23.0 Å². The van der Waals surface area contributed by atoms with Crippen LogP contribution >= 0.6 is 69.6 Å². The largest absolute Gasteiger partial charge is 0.494 e. The number of alkyl halides is 2. The average Bonchev–Trinajstić information content (AvgIpc) is 1.32. The molecule has 38 heteroatoms. The first-order valence-corrected chi connectivity index (χ1v) is 50.5. The number of aromatic amines is 4. The van der Waals surface area contributed by atoms with E-state index in [-0.39, 0.29) is 74.2 Å². The van der Waals surface area contributed by atoms with Crippen molar-refractivity contribution in [2.45, 2.75) is 109 Å². The Kier molecular flexibility index (Phi) is 37.4. The van der Waals surface area contributed by atoms with Crippen molar-refractivity contribution in [1.29, 1.82) is 0 Å². The number of aliphatic hydroxyl groups is 3. The van der Waals surface area contributed by atoms with Gasteiger partial charge < -0.3 is 87.5 Å². The number of nitrogens with zero attached hydrogens (tertiary/aromatic N) is 10.